The third-order valence-electron chi connectivity index (χ3n) is 5.32. The van der Waals surface area contributed by atoms with Crippen molar-refractivity contribution in [2.24, 2.45) is 0 Å². The number of hydrogen-bond acceptors (Lipinski definition) is 4. The van der Waals surface area contributed by atoms with E-state index < -0.39 is 10.0 Å². The summed E-state index contributed by atoms with van der Waals surface area (Å²) in [7, 11) is -3.81. The topological polar surface area (TPSA) is 64.8 Å². The van der Waals surface area contributed by atoms with E-state index in [9.17, 15) is 8.42 Å². The fourth-order valence-corrected chi connectivity index (χ4v) is 4.78. The first-order chi connectivity index (χ1) is 15.0. The summed E-state index contributed by atoms with van der Waals surface area (Å²) in [6, 6.07) is 28.9. The molecule has 0 unspecified atom stereocenters. The quantitative estimate of drug-likeness (QED) is 0.391. The molecule has 1 heterocycles. The molecule has 0 saturated heterocycles. The van der Waals surface area contributed by atoms with Crippen LogP contribution < -0.4 is 0 Å². The molecule has 0 atom stereocenters. The molecule has 0 amide bonds. The van der Waals surface area contributed by atoms with Crippen LogP contribution in [0.15, 0.2) is 102 Å². The molecular formula is C25H19N3O2S. The molecule has 6 heteroatoms. The van der Waals surface area contributed by atoms with E-state index in [1.54, 1.807) is 24.3 Å². The van der Waals surface area contributed by atoms with Crippen LogP contribution in [0.3, 0.4) is 0 Å². The first-order valence-corrected chi connectivity index (χ1v) is 11.3. The van der Waals surface area contributed by atoms with Crippen molar-refractivity contribution in [3.8, 4) is 22.4 Å². The van der Waals surface area contributed by atoms with Gasteiger partial charge >= 0.3 is 0 Å². The van der Waals surface area contributed by atoms with E-state index in [1.165, 1.54) is 6.20 Å². The first kappa shape index (κ1) is 19.2. The van der Waals surface area contributed by atoms with Crippen molar-refractivity contribution in [2.75, 3.05) is 0 Å². The van der Waals surface area contributed by atoms with Gasteiger partial charge in [-0.05, 0) is 41.0 Å². The molecule has 0 spiro atoms. The molecule has 5 rings (SSSR count). The minimum Gasteiger partial charge on any atom is -0.199 e. The minimum atomic E-state index is -3.81. The molecule has 5 aromatic rings. The second-order valence-electron chi connectivity index (χ2n) is 7.37. The van der Waals surface area contributed by atoms with E-state index in [4.69, 9.17) is 0 Å². The monoisotopic (exact) mass is 425 g/mol. The standard InChI is InChI=1S/C25H19N3O2S/c1-18-13-15-20(16-14-18)31(29,30)28-17-25(26-27-28)24-11-5-4-10-23(24)22-12-6-8-19-7-2-3-9-21(19)22/h2-17H,1H3. The van der Waals surface area contributed by atoms with Gasteiger partial charge in [-0.1, -0.05) is 89.6 Å². The fourth-order valence-electron chi connectivity index (χ4n) is 3.71. The van der Waals surface area contributed by atoms with E-state index in [0.717, 1.165) is 37.1 Å². The largest absolute Gasteiger partial charge is 0.284 e. The third kappa shape index (κ3) is 3.41. The Balaban J connectivity index is 1.62. The summed E-state index contributed by atoms with van der Waals surface area (Å²) in [4.78, 5) is 0.178. The summed E-state index contributed by atoms with van der Waals surface area (Å²) in [6.07, 6.45) is 1.47. The Morgan fingerprint density at radius 3 is 2.16 bits per heavy atom. The molecule has 0 fully saturated rings. The zero-order valence-electron chi connectivity index (χ0n) is 16.8. The second kappa shape index (κ2) is 7.49. The maximum absolute atomic E-state index is 13.0. The highest BCUT2D eigenvalue weighted by molar-refractivity contribution is 7.89. The number of benzene rings is 4. The van der Waals surface area contributed by atoms with Crippen LogP contribution >= 0.6 is 0 Å². The molecule has 0 aliphatic rings. The number of aryl methyl sites for hydroxylation is 1. The Morgan fingerprint density at radius 2 is 1.35 bits per heavy atom. The van der Waals surface area contributed by atoms with Crippen molar-refractivity contribution >= 4 is 20.8 Å². The molecule has 4 aromatic carbocycles. The van der Waals surface area contributed by atoms with Gasteiger partial charge in [0.2, 0.25) is 0 Å². The van der Waals surface area contributed by atoms with Crippen LogP contribution in [0, 0.1) is 6.92 Å². The predicted octanol–water partition coefficient (Wildman–Crippen LogP) is 5.31. The Morgan fingerprint density at radius 1 is 0.710 bits per heavy atom. The van der Waals surface area contributed by atoms with Gasteiger partial charge in [0.15, 0.2) is 0 Å². The van der Waals surface area contributed by atoms with Crippen LogP contribution in [0.4, 0.5) is 0 Å². The van der Waals surface area contributed by atoms with E-state index in [2.05, 4.69) is 34.6 Å². The lowest BCUT2D eigenvalue weighted by molar-refractivity contribution is 0.577. The van der Waals surface area contributed by atoms with Crippen molar-refractivity contribution in [3.05, 3.63) is 103 Å². The molecule has 152 valence electrons. The molecular weight excluding hydrogens is 406 g/mol. The molecule has 1 aromatic heterocycles. The summed E-state index contributed by atoms with van der Waals surface area (Å²) in [5, 5.41) is 10.4. The van der Waals surface area contributed by atoms with Gasteiger partial charge in [-0.3, -0.25) is 0 Å². The lowest BCUT2D eigenvalue weighted by atomic mass is 9.94. The van der Waals surface area contributed by atoms with Crippen LogP contribution in [-0.2, 0) is 10.0 Å². The number of rotatable bonds is 4. The Bertz CT molecular complexity index is 1500. The normalized spacial score (nSPS) is 11.6. The van der Waals surface area contributed by atoms with Gasteiger partial charge in [-0.15, -0.1) is 9.19 Å². The SMILES string of the molecule is Cc1ccc(S(=O)(=O)n2cc(-c3ccccc3-c3cccc4ccccc34)nn2)cc1. The van der Waals surface area contributed by atoms with Crippen molar-refractivity contribution in [3.63, 3.8) is 0 Å². The Kier molecular flexibility index (Phi) is 4.64. The highest BCUT2D eigenvalue weighted by Gasteiger charge is 2.20. The molecule has 0 aliphatic heterocycles. The molecule has 0 saturated carbocycles. The number of fused-ring (bicyclic) bond motifs is 1. The molecule has 31 heavy (non-hydrogen) atoms. The van der Waals surface area contributed by atoms with Gasteiger partial charge in [-0.25, -0.2) is 0 Å². The van der Waals surface area contributed by atoms with Crippen molar-refractivity contribution in [1.29, 1.82) is 0 Å². The number of hydrogen-bond donors (Lipinski definition) is 0. The molecule has 0 bridgehead atoms. The van der Waals surface area contributed by atoms with Gasteiger partial charge in [0.1, 0.15) is 5.69 Å². The lowest BCUT2D eigenvalue weighted by Gasteiger charge is -2.10. The first-order valence-electron chi connectivity index (χ1n) is 9.86. The summed E-state index contributed by atoms with van der Waals surface area (Å²) >= 11 is 0. The molecule has 0 N–H and O–H groups in total. The van der Waals surface area contributed by atoms with Gasteiger partial charge in [0, 0.05) is 5.56 Å². The smallest absolute Gasteiger partial charge is 0.199 e. The average molecular weight is 426 g/mol. The van der Waals surface area contributed by atoms with Crippen LogP contribution in [0.1, 0.15) is 5.56 Å². The Hall–Kier alpha value is -3.77. The van der Waals surface area contributed by atoms with Crippen molar-refractivity contribution in [2.45, 2.75) is 11.8 Å². The van der Waals surface area contributed by atoms with Gasteiger partial charge in [0.25, 0.3) is 10.0 Å². The van der Waals surface area contributed by atoms with Crippen molar-refractivity contribution in [1.82, 2.24) is 14.4 Å². The maximum Gasteiger partial charge on any atom is 0.284 e. The van der Waals surface area contributed by atoms with Crippen LogP contribution in [-0.4, -0.2) is 22.8 Å². The number of nitrogens with zero attached hydrogens (tertiary/aromatic N) is 3. The summed E-state index contributed by atoms with van der Waals surface area (Å²) in [5.74, 6) is 0. The zero-order chi connectivity index (χ0) is 21.4. The summed E-state index contributed by atoms with van der Waals surface area (Å²) in [5.41, 5.74) is 4.34. The van der Waals surface area contributed by atoms with Crippen LogP contribution in [0.2, 0.25) is 0 Å². The minimum absolute atomic E-state index is 0.178. The highest BCUT2D eigenvalue weighted by Crippen LogP contribution is 2.35. The van der Waals surface area contributed by atoms with Crippen LogP contribution in [0.25, 0.3) is 33.2 Å². The van der Waals surface area contributed by atoms with Crippen molar-refractivity contribution < 1.29 is 8.42 Å². The van der Waals surface area contributed by atoms with E-state index in [0.29, 0.717) is 5.69 Å². The van der Waals surface area contributed by atoms with Gasteiger partial charge in [-0.2, -0.15) is 8.42 Å². The van der Waals surface area contributed by atoms with E-state index >= 15 is 0 Å². The number of aromatic nitrogens is 3. The van der Waals surface area contributed by atoms with Gasteiger partial charge in [0.05, 0.1) is 11.1 Å². The molecule has 0 aliphatic carbocycles. The lowest BCUT2D eigenvalue weighted by Crippen LogP contribution is -2.13. The fraction of sp³-hybridized carbons (Fsp3) is 0.0400. The predicted molar refractivity (Wildman–Crippen MR) is 122 cm³/mol. The average Bonchev–Trinajstić information content (AvgIpc) is 3.30. The highest BCUT2D eigenvalue weighted by atomic mass is 32.2. The summed E-state index contributed by atoms with van der Waals surface area (Å²) in [6.45, 7) is 1.91. The Labute approximate surface area is 180 Å². The zero-order valence-corrected chi connectivity index (χ0v) is 17.6. The second-order valence-corrected chi connectivity index (χ2v) is 9.16. The third-order valence-corrected chi connectivity index (χ3v) is 6.86. The van der Waals surface area contributed by atoms with Gasteiger partial charge < -0.3 is 0 Å². The summed E-state index contributed by atoms with van der Waals surface area (Å²) < 4.78 is 26.9. The van der Waals surface area contributed by atoms with E-state index in [1.807, 2.05) is 49.4 Å². The maximum atomic E-state index is 13.0. The van der Waals surface area contributed by atoms with E-state index in [-0.39, 0.29) is 4.90 Å². The molecule has 5 nitrogen and oxygen atoms in total. The van der Waals surface area contributed by atoms with Crippen LogP contribution in [0.5, 0.6) is 0 Å². The molecule has 0 radical (unpaired) electrons.